The highest BCUT2D eigenvalue weighted by Gasteiger charge is 2.64. The van der Waals surface area contributed by atoms with Crippen molar-refractivity contribution in [1.29, 1.82) is 0 Å². The van der Waals surface area contributed by atoms with Gasteiger partial charge >= 0.3 is 0 Å². The molecule has 1 spiro atoms. The summed E-state index contributed by atoms with van der Waals surface area (Å²) in [6.07, 6.45) is 5.19. The molecule has 21 heavy (non-hydrogen) atoms. The molecule has 1 aromatic rings. The van der Waals surface area contributed by atoms with Gasteiger partial charge in [-0.05, 0) is 44.1 Å². The zero-order valence-electron chi connectivity index (χ0n) is 11.9. The second-order valence-corrected chi connectivity index (χ2v) is 6.78. The van der Waals surface area contributed by atoms with Gasteiger partial charge in [0.25, 0.3) is 0 Å². The van der Waals surface area contributed by atoms with Crippen LogP contribution in [0.25, 0.3) is 0 Å². The van der Waals surface area contributed by atoms with Crippen LogP contribution in [0.4, 0.5) is 0 Å². The quantitative estimate of drug-likeness (QED) is 0.782. The van der Waals surface area contributed by atoms with E-state index in [1.807, 2.05) is 6.07 Å². The van der Waals surface area contributed by atoms with Gasteiger partial charge in [0, 0.05) is 17.5 Å². The number of rotatable bonds is 0. The van der Waals surface area contributed by atoms with Gasteiger partial charge in [-0.2, -0.15) is 0 Å². The molecule has 4 nitrogen and oxygen atoms in total. The van der Waals surface area contributed by atoms with E-state index in [1.165, 1.54) is 5.56 Å². The van der Waals surface area contributed by atoms with Crippen molar-refractivity contribution in [3.05, 3.63) is 35.4 Å². The lowest BCUT2D eigenvalue weighted by Gasteiger charge is -2.55. The summed E-state index contributed by atoms with van der Waals surface area (Å²) in [6, 6.07) is 4.13. The van der Waals surface area contributed by atoms with Crippen molar-refractivity contribution in [2.24, 2.45) is 5.92 Å². The van der Waals surface area contributed by atoms with E-state index in [0.29, 0.717) is 17.7 Å². The first-order valence-corrected chi connectivity index (χ1v) is 7.57. The predicted octanol–water partition coefficient (Wildman–Crippen LogP) is 1.41. The maximum atomic E-state index is 12.4. The van der Waals surface area contributed by atoms with E-state index in [4.69, 9.17) is 4.74 Å². The summed E-state index contributed by atoms with van der Waals surface area (Å²) in [6.45, 7) is 0.969. The zero-order valence-corrected chi connectivity index (χ0v) is 11.9. The molecule has 2 aliphatic carbocycles. The number of carbonyl (C=O) groups is 1. The number of nitrogens with zero attached hydrogens (tertiary/aromatic N) is 1. The molecule has 5 rings (SSSR count). The molecule has 0 aromatic heterocycles. The molecule has 0 amide bonds. The van der Waals surface area contributed by atoms with Gasteiger partial charge in [0.1, 0.15) is 0 Å². The van der Waals surface area contributed by atoms with Gasteiger partial charge in [-0.25, -0.2) is 0 Å². The van der Waals surface area contributed by atoms with Crippen molar-refractivity contribution < 1.29 is 14.6 Å². The minimum Gasteiger partial charge on any atom is -0.504 e. The Kier molecular flexibility index (Phi) is 1.97. The lowest BCUT2D eigenvalue weighted by Crippen LogP contribution is -2.64. The number of benzene rings is 1. The van der Waals surface area contributed by atoms with Crippen LogP contribution in [0.15, 0.2) is 24.3 Å². The van der Waals surface area contributed by atoms with Crippen LogP contribution in [0.2, 0.25) is 0 Å². The summed E-state index contributed by atoms with van der Waals surface area (Å²) in [7, 11) is 2.17. The van der Waals surface area contributed by atoms with Crippen LogP contribution in [0, 0.1) is 5.92 Å². The molecular weight excluding hydrogens is 266 g/mol. The lowest BCUT2D eigenvalue weighted by atomic mass is 9.53. The van der Waals surface area contributed by atoms with Gasteiger partial charge in [-0.3, -0.25) is 4.79 Å². The highest BCUT2D eigenvalue weighted by molar-refractivity contribution is 5.98. The average Bonchev–Trinajstić information content (AvgIpc) is 2.83. The van der Waals surface area contributed by atoms with Gasteiger partial charge < -0.3 is 14.7 Å². The molecule has 0 saturated carbocycles. The zero-order chi connectivity index (χ0) is 14.4. The largest absolute Gasteiger partial charge is 0.504 e. The highest BCUT2D eigenvalue weighted by Crippen LogP contribution is 2.61. The van der Waals surface area contributed by atoms with Gasteiger partial charge in [-0.15, -0.1) is 0 Å². The number of likely N-dealkylation sites (tertiary alicyclic amines) is 1. The third-order valence-corrected chi connectivity index (χ3v) is 6.00. The van der Waals surface area contributed by atoms with Crippen molar-refractivity contribution >= 4 is 5.78 Å². The van der Waals surface area contributed by atoms with E-state index in [9.17, 15) is 9.90 Å². The Morgan fingerprint density at radius 1 is 1.43 bits per heavy atom. The molecule has 2 aliphatic heterocycles. The molecule has 4 atom stereocenters. The standard InChI is InChI=1S/C17H17NO3/c1-18-7-6-17-10-3-5-13(20)16(17)21-15-12(19)4-2-9(14(15)17)8-11(10)18/h2-5,10-11,16,19H,6-8H2,1H3/t10-,11+,16+,17-/m0/s1. The van der Waals surface area contributed by atoms with Crippen molar-refractivity contribution in [2.45, 2.75) is 30.4 Å². The molecule has 2 heterocycles. The number of phenols is 1. The second-order valence-electron chi connectivity index (χ2n) is 6.78. The Bertz CT molecular complexity index is 710. The number of piperidine rings is 1. The lowest BCUT2D eigenvalue weighted by molar-refractivity contribution is -0.127. The number of likely N-dealkylation sites (N-methyl/N-ethyl adjacent to an activating group) is 1. The van der Waals surface area contributed by atoms with E-state index < -0.39 is 6.10 Å². The Morgan fingerprint density at radius 2 is 2.29 bits per heavy atom. The SMILES string of the molecule is CN1CC[C@]23c4c5ccc(O)c4O[C@@H]2C(=O)C=C[C@H]3[C@H]1C5. The number of phenolic OH excluding ortho intramolecular Hbond substituents is 1. The summed E-state index contributed by atoms with van der Waals surface area (Å²) >= 11 is 0. The fraction of sp³-hybridized carbons (Fsp3) is 0.471. The van der Waals surface area contributed by atoms with Crippen LogP contribution in [-0.2, 0) is 16.6 Å². The van der Waals surface area contributed by atoms with Crippen molar-refractivity contribution in [3.8, 4) is 11.5 Å². The highest BCUT2D eigenvalue weighted by atomic mass is 16.5. The Hall–Kier alpha value is -1.81. The first-order valence-electron chi connectivity index (χ1n) is 7.57. The Labute approximate surface area is 123 Å². The summed E-state index contributed by atoms with van der Waals surface area (Å²) in [4.78, 5) is 14.8. The predicted molar refractivity (Wildman–Crippen MR) is 76.6 cm³/mol. The van der Waals surface area contributed by atoms with E-state index >= 15 is 0 Å². The number of hydrogen-bond acceptors (Lipinski definition) is 4. The van der Waals surface area contributed by atoms with E-state index in [-0.39, 0.29) is 16.9 Å². The van der Waals surface area contributed by atoms with Crippen LogP contribution < -0.4 is 4.74 Å². The maximum Gasteiger partial charge on any atom is 0.196 e. The average molecular weight is 283 g/mol. The molecule has 1 aromatic carbocycles. The molecule has 1 N–H and O–H groups in total. The number of ether oxygens (including phenoxy) is 1. The summed E-state index contributed by atoms with van der Waals surface area (Å²) in [5, 5.41) is 10.2. The summed E-state index contributed by atoms with van der Waals surface area (Å²) < 4.78 is 5.99. The third-order valence-electron chi connectivity index (χ3n) is 6.00. The van der Waals surface area contributed by atoms with Crippen LogP contribution in [0.3, 0.4) is 0 Å². The summed E-state index contributed by atoms with van der Waals surface area (Å²) in [5.41, 5.74) is 2.09. The first-order chi connectivity index (χ1) is 10.1. The third kappa shape index (κ3) is 1.16. The number of carbonyl (C=O) groups excluding carboxylic acids is 1. The molecule has 0 unspecified atom stereocenters. The molecule has 1 fully saturated rings. The smallest absolute Gasteiger partial charge is 0.196 e. The monoisotopic (exact) mass is 283 g/mol. The van der Waals surface area contributed by atoms with Crippen LogP contribution >= 0.6 is 0 Å². The van der Waals surface area contributed by atoms with Crippen LogP contribution in [0.1, 0.15) is 17.5 Å². The number of ketones is 1. The van der Waals surface area contributed by atoms with Crippen molar-refractivity contribution in [2.75, 3.05) is 13.6 Å². The Balaban J connectivity index is 1.87. The molecular formula is C17H17NO3. The van der Waals surface area contributed by atoms with Crippen LogP contribution in [-0.4, -0.2) is 41.5 Å². The van der Waals surface area contributed by atoms with E-state index in [1.54, 1.807) is 12.1 Å². The number of hydrogen-bond donors (Lipinski definition) is 1. The fourth-order valence-electron chi connectivity index (χ4n) is 5.08. The minimum atomic E-state index is -0.453. The fourth-order valence-corrected chi connectivity index (χ4v) is 5.08. The van der Waals surface area contributed by atoms with Gasteiger partial charge in [-0.1, -0.05) is 12.1 Å². The maximum absolute atomic E-state index is 12.4. The Morgan fingerprint density at radius 3 is 3.14 bits per heavy atom. The van der Waals surface area contributed by atoms with Crippen LogP contribution in [0.5, 0.6) is 11.5 Å². The molecule has 4 heteroatoms. The summed E-state index contributed by atoms with van der Waals surface area (Å²) in [5.74, 6) is 1.07. The first kappa shape index (κ1) is 11.8. The normalized spacial score (nSPS) is 39.1. The van der Waals surface area contributed by atoms with Crippen molar-refractivity contribution in [3.63, 3.8) is 0 Å². The number of aromatic hydroxyl groups is 1. The topological polar surface area (TPSA) is 49.8 Å². The van der Waals surface area contributed by atoms with Crippen molar-refractivity contribution in [1.82, 2.24) is 4.90 Å². The molecule has 2 bridgehead atoms. The molecule has 1 saturated heterocycles. The van der Waals surface area contributed by atoms with Gasteiger partial charge in [0.05, 0.1) is 5.41 Å². The molecule has 0 radical (unpaired) electrons. The minimum absolute atomic E-state index is 0.0398. The van der Waals surface area contributed by atoms with E-state index in [2.05, 4.69) is 18.0 Å². The van der Waals surface area contributed by atoms with E-state index in [0.717, 1.165) is 24.9 Å². The molecule has 108 valence electrons. The van der Waals surface area contributed by atoms with Gasteiger partial charge in [0.15, 0.2) is 23.4 Å². The van der Waals surface area contributed by atoms with Gasteiger partial charge in [0.2, 0.25) is 0 Å². The second kappa shape index (κ2) is 3.50. The molecule has 4 aliphatic rings.